The van der Waals surface area contributed by atoms with Crippen LogP contribution in [0.4, 0.5) is 5.69 Å². The van der Waals surface area contributed by atoms with Gasteiger partial charge in [0.15, 0.2) is 5.78 Å². The van der Waals surface area contributed by atoms with Crippen molar-refractivity contribution in [2.45, 2.75) is 12.1 Å². The lowest BCUT2D eigenvalue weighted by Crippen LogP contribution is -2.49. The molecule has 2 rings (SSSR count). The summed E-state index contributed by atoms with van der Waals surface area (Å²) in [4.78, 5) is 12.0. The van der Waals surface area contributed by atoms with Gasteiger partial charge in [-0.05, 0) is 31.8 Å². The van der Waals surface area contributed by atoms with Crippen molar-refractivity contribution in [3.8, 4) is 0 Å². The van der Waals surface area contributed by atoms with Gasteiger partial charge in [0, 0.05) is 24.7 Å². The fourth-order valence-corrected chi connectivity index (χ4v) is 2.31. The lowest BCUT2D eigenvalue weighted by Gasteiger charge is -2.28. The molecule has 1 aliphatic rings. The number of hydrogen-bond acceptors (Lipinski definition) is 4. The van der Waals surface area contributed by atoms with Crippen LogP contribution in [0.5, 0.6) is 0 Å². The van der Waals surface area contributed by atoms with E-state index in [1.165, 1.54) is 0 Å². The Kier molecular flexibility index (Phi) is 2.69. The molecule has 0 bridgehead atoms. The number of anilines is 1. The maximum Gasteiger partial charge on any atom is 0.166 e. The highest BCUT2D eigenvalue weighted by Gasteiger charge is 2.41. The van der Waals surface area contributed by atoms with Gasteiger partial charge in [-0.2, -0.15) is 0 Å². The van der Waals surface area contributed by atoms with Crippen LogP contribution in [0.3, 0.4) is 0 Å². The minimum atomic E-state index is -0.404. The molecule has 0 saturated heterocycles. The molecule has 1 aromatic rings. The molecular formula is C12H17N3O. The van der Waals surface area contributed by atoms with Crippen molar-refractivity contribution in [3.63, 3.8) is 0 Å². The summed E-state index contributed by atoms with van der Waals surface area (Å²) in [7, 11) is 5.58. The largest absolute Gasteiger partial charge is 0.388 e. The zero-order chi connectivity index (χ0) is 11.8. The normalized spacial score (nSPS) is 17.3. The van der Waals surface area contributed by atoms with Gasteiger partial charge in [-0.15, -0.1) is 0 Å². The molecule has 4 heteroatoms. The summed E-state index contributed by atoms with van der Waals surface area (Å²) in [6.45, 7) is 0. The lowest BCUT2D eigenvalue weighted by molar-refractivity contribution is 0.0957. The number of carbonyl (C=O) groups excluding carboxylic acids is 1. The molecule has 0 aromatic heterocycles. The van der Waals surface area contributed by atoms with Crippen LogP contribution in [0, 0.1) is 0 Å². The van der Waals surface area contributed by atoms with Crippen LogP contribution >= 0.6 is 0 Å². The summed E-state index contributed by atoms with van der Waals surface area (Å²) in [6.07, 6.45) is 0.461. The Morgan fingerprint density at radius 3 is 2.44 bits per heavy atom. The van der Waals surface area contributed by atoms with Crippen molar-refractivity contribution in [2.75, 3.05) is 26.5 Å². The molecule has 0 radical (unpaired) electrons. The number of carbonyl (C=O) groups is 1. The van der Waals surface area contributed by atoms with Gasteiger partial charge in [-0.25, -0.2) is 0 Å². The van der Waals surface area contributed by atoms with Crippen molar-refractivity contribution in [1.29, 1.82) is 0 Å². The molecule has 0 amide bonds. The van der Waals surface area contributed by atoms with E-state index in [2.05, 4.69) is 16.0 Å². The van der Waals surface area contributed by atoms with E-state index in [1.807, 2.05) is 39.3 Å². The summed E-state index contributed by atoms with van der Waals surface area (Å²) >= 11 is 0. The highest BCUT2D eigenvalue weighted by atomic mass is 16.1. The first-order valence-corrected chi connectivity index (χ1v) is 5.40. The molecule has 4 nitrogen and oxygen atoms in total. The smallest absolute Gasteiger partial charge is 0.166 e. The first kappa shape index (κ1) is 11.1. The first-order chi connectivity index (χ1) is 7.66. The van der Waals surface area contributed by atoms with Crippen molar-refractivity contribution in [1.82, 2.24) is 10.6 Å². The molecule has 0 aliphatic heterocycles. The number of nitrogens with one attached hydrogen (secondary N) is 3. The third-order valence-electron chi connectivity index (χ3n) is 3.35. The summed E-state index contributed by atoms with van der Waals surface area (Å²) in [5.41, 5.74) is 2.39. The molecule has 3 N–H and O–H groups in total. The zero-order valence-electron chi connectivity index (χ0n) is 9.85. The monoisotopic (exact) mass is 219 g/mol. The van der Waals surface area contributed by atoms with E-state index in [0.29, 0.717) is 6.42 Å². The van der Waals surface area contributed by atoms with Crippen LogP contribution < -0.4 is 16.0 Å². The van der Waals surface area contributed by atoms with Gasteiger partial charge in [0.25, 0.3) is 0 Å². The Balaban J connectivity index is 2.55. The van der Waals surface area contributed by atoms with Crippen LogP contribution in [-0.4, -0.2) is 26.9 Å². The standard InChI is InChI=1S/C12H17N3O/c1-13-8-4-5-10-9(6-8)11(16)7-12(10,14-2)15-3/h4-6,13-15H,7H2,1-3H3. The maximum atomic E-state index is 12.0. The Labute approximate surface area is 95.4 Å². The van der Waals surface area contributed by atoms with Crippen LogP contribution in [0.25, 0.3) is 0 Å². The van der Waals surface area contributed by atoms with E-state index in [0.717, 1.165) is 16.8 Å². The highest BCUT2D eigenvalue weighted by molar-refractivity contribution is 6.02. The number of fused-ring (bicyclic) bond motifs is 1. The number of hydrogen-bond donors (Lipinski definition) is 3. The molecule has 16 heavy (non-hydrogen) atoms. The molecule has 0 spiro atoms. The minimum Gasteiger partial charge on any atom is -0.388 e. The van der Waals surface area contributed by atoms with Gasteiger partial charge in [-0.1, -0.05) is 6.07 Å². The number of ketones is 1. The predicted octanol–water partition coefficient (Wildman–Crippen LogP) is 0.906. The van der Waals surface area contributed by atoms with Gasteiger partial charge in [0.2, 0.25) is 0 Å². The fraction of sp³-hybridized carbons (Fsp3) is 0.417. The van der Waals surface area contributed by atoms with E-state index in [-0.39, 0.29) is 5.78 Å². The second-order valence-electron chi connectivity index (χ2n) is 4.02. The quantitative estimate of drug-likeness (QED) is 0.661. The third-order valence-corrected chi connectivity index (χ3v) is 3.35. The molecule has 0 heterocycles. The molecule has 0 fully saturated rings. The van der Waals surface area contributed by atoms with E-state index < -0.39 is 5.66 Å². The van der Waals surface area contributed by atoms with Gasteiger partial charge in [0.05, 0.1) is 0 Å². The van der Waals surface area contributed by atoms with Crippen LogP contribution in [-0.2, 0) is 5.66 Å². The Hall–Kier alpha value is -1.39. The molecule has 0 saturated carbocycles. The van der Waals surface area contributed by atoms with Crippen molar-refractivity contribution >= 4 is 11.5 Å². The number of Topliss-reactive ketones (excluding diaryl/α,β-unsaturated/α-hetero) is 1. The van der Waals surface area contributed by atoms with Gasteiger partial charge in [0.1, 0.15) is 5.66 Å². The second-order valence-corrected chi connectivity index (χ2v) is 4.02. The van der Waals surface area contributed by atoms with Gasteiger partial charge in [-0.3, -0.25) is 15.4 Å². The average Bonchev–Trinajstić information content (AvgIpc) is 2.62. The Bertz CT molecular complexity index is 424. The number of benzene rings is 1. The highest BCUT2D eigenvalue weighted by Crippen LogP contribution is 2.35. The van der Waals surface area contributed by atoms with Crippen LogP contribution in [0.15, 0.2) is 18.2 Å². The number of rotatable bonds is 3. The van der Waals surface area contributed by atoms with E-state index in [9.17, 15) is 4.79 Å². The first-order valence-electron chi connectivity index (χ1n) is 5.40. The Morgan fingerprint density at radius 1 is 1.19 bits per heavy atom. The maximum absolute atomic E-state index is 12.0. The van der Waals surface area contributed by atoms with E-state index >= 15 is 0 Å². The summed E-state index contributed by atoms with van der Waals surface area (Å²) in [5, 5.41) is 9.45. The van der Waals surface area contributed by atoms with Crippen LogP contribution in [0.1, 0.15) is 22.3 Å². The molecule has 0 unspecified atom stereocenters. The second kappa shape index (κ2) is 3.88. The SMILES string of the molecule is CNc1ccc2c(c1)C(=O)CC2(NC)NC. The summed E-state index contributed by atoms with van der Waals surface area (Å²) < 4.78 is 0. The summed E-state index contributed by atoms with van der Waals surface area (Å²) in [5.74, 6) is 0.177. The predicted molar refractivity (Wildman–Crippen MR) is 64.7 cm³/mol. The van der Waals surface area contributed by atoms with Crippen molar-refractivity contribution in [3.05, 3.63) is 29.3 Å². The molecular weight excluding hydrogens is 202 g/mol. The molecule has 1 aromatic carbocycles. The third kappa shape index (κ3) is 1.42. The van der Waals surface area contributed by atoms with E-state index in [1.54, 1.807) is 0 Å². The topological polar surface area (TPSA) is 53.2 Å². The van der Waals surface area contributed by atoms with Crippen molar-refractivity contribution in [2.24, 2.45) is 0 Å². The zero-order valence-corrected chi connectivity index (χ0v) is 9.85. The Morgan fingerprint density at radius 2 is 1.88 bits per heavy atom. The van der Waals surface area contributed by atoms with Crippen molar-refractivity contribution < 1.29 is 4.79 Å². The molecule has 86 valence electrons. The fourth-order valence-electron chi connectivity index (χ4n) is 2.31. The van der Waals surface area contributed by atoms with Gasteiger partial charge >= 0.3 is 0 Å². The van der Waals surface area contributed by atoms with Gasteiger partial charge < -0.3 is 5.32 Å². The van der Waals surface area contributed by atoms with Crippen LogP contribution in [0.2, 0.25) is 0 Å². The van der Waals surface area contributed by atoms with E-state index in [4.69, 9.17) is 0 Å². The molecule has 0 atom stereocenters. The lowest BCUT2D eigenvalue weighted by atomic mass is 10.0. The minimum absolute atomic E-state index is 0.177. The molecule has 1 aliphatic carbocycles. The average molecular weight is 219 g/mol. The summed E-state index contributed by atoms with van der Waals surface area (Å²) in [6, 6.07) is 5.90.